The zero-order chi connectivity index (χ0) is 26.7. The minimum atomic E-state index is -0.943. The molecule has 1 atom stereocenters. The summed E-state index contributed by atoms with van der Waals surface area (Å²) >= 11 is 0. The van der Waals surface area contributed by atoms with E-state index in [4.69, 9.17) is 18.9 Å². The fourth-order valence-corrected chi connectivity index (χ4v) is 4.38. The van der Waals surface area contributed by atoms with E-state index in [-0.39, 0.29) is 17.4 Å². The summed E-state index contributed by atoms with van der Waals surface area (Å²) in [6.45, 7) is 3.84. The molecule has 8 nitrogen and oxygen atoms in total. The molecule has 0 bridgehead atoms. The number of methoxy groups -OCH3 is 3. The van der Waals surface area contributed by atoms with Gasteiger partial charge >= 0.3 is 0 Å². The highest BCUT2D eigenvalue weighted by atomic mass is 16.5. The predicted octanol–water partition coefficient (Wildman–Crippen LogP) is 5.13. The molecule has 8 heteroatoms. The van der Waals surface area contributed by atoms with Gasteiger partial charge in [0.25, 0.3) is 11.7 Å². The Kier molecular flexibility index (Phi) is 7.38. The number of hydrogen-bond acceptors (Lipinski definition) is 7. The second kappa shape index (κ2) is 10.7. The highest BCUT2D eigenvalue weighted by Crippen LogP contribution is 2.45. The van der Waals surface area contributed by atoms with Crippen LogP contribution in [-0.2, 0) is 9.59 Å². The maximum atomic E-state index is 13.4. The Morgan fingerprint density at radius 3 is 2.11 bits per heavy atom. The van der Waals surface area contributed by atoms with E-state index < -0.39 is 17.7 Å². The van der Waals surface area contributed by atoms with Crippen molar-refractivity contribution in [3.63, 3.8) is 0 Å². The summed E-state index contributed by atoms with van der Waals surface area (Å²) in [5.74, 6) is 0.0188. The lowest BCUT2D eigenvalue weighted by Crippen LogP contribution is -2.29. The van der Waals surface area contributed by atoms with Crippen LogP contribution in [0.25, 0.3) is 5.76 Å². The number of amides is 1. The third-order valence-corrected chi connectivity index (χ3v) is 6.02. The highest BCUT2D eigenvalue weighted by Gasteiger charge is 2.48. The van der Waals surface area contributed by atoms with Gasteiger partial charge in [-0.1, -0.05) is 18.2 Å². The van der Waals surface area contributed by atoms with Crippen LogP contribution in [0.2, 0.25) is 0 Å². The van der Waals surface area contributed by atoms with E-state index in [1.807, 2.05) is 13.8 Å². The van der Waals surface area contributed by atoms with Crippen LogP contribution in [0.15, 0.2) is 72.3 Å². The van der Waals surface area contributed by atoms with Crippen LogP contribution in [0.3, 0.4) is 0 Å². The van der Waals surface area contributed by atoms with Gasteiger partial charge in [-0.3, -0.25) is 14.5 Å². The molecule has 0 aliphatic carbocycles. The van der Waals surface area contributed by atoms with Gasteiger partial charge in [-0.15, -0.1) is 0 Å². The number of aliphatic hydroxyl groups excluding tert-OH is 1. The summed E-state index contributed by atoms with van der Waals surface area (Å²) in [7, 11) is 4.49. The minimum absolute atomic E-state index is 0.0184. The number of nitrogens with zero attached hydrogens (tertiary/aromatic N) is 1. The monoisotopic (exact) mass is 503 g/mol. The molecule has 0 saturated carbocycles. The van der Waals surface area contributed by atoms with Crippen LogP contribution in [0.5, 0.6) is 23.0 Å². The molecule has 192 valence electrons. The lowest BCUT2D eigenvalue weighted by atomic mass is 9.94. The number of Topliss-reactive ketones (excluding diaryl/α,β-unsaturated/α-hetero) is 1. The summed E-state index contributed by atoms with van der Waals surface area (Å²) in [5, 5.41) is 11.4. The van der Waals surface area contributed by atoms with Gasteiger partial charge in [0.15, 0.2) is 11.5 Å². The second-order valence-corrected chi connectivity index (χ2v) is 8.64. The lowest BCUT2D eigenvalue weighted by molar-refractivity contribution is -0.132. The number of carbonyl (C=O) groups excluding carboxylic acids is 2. The molecule has 1 aliphatic rings. The fraction of sp³-hybridized carbons (Fsp3) is 0.241. The molecule has 1 aliphatic heterocycles. The molecule has 1 N–H and O–H groups in total. The van der Waals surface area contributed by atoms with Gasteiger partial charge in [0.2, 0.25) is 0 Å². The molecule has 37 heavy (non-hydrogen) atoms. The Morgan fingerprint density at radius 2 is 1.49 bits per heavy atom. The van der Waals surface area contributed by atoms with Crippen molar-refractivity contribution in [2.45, 2.75) is 26.0 Å². The summed E-state index contributed by atoms with van der Waals surface area (Å²) in [6.07, 6.45) is -0.0184. The number of hydrogen-bond donors (Lipinski definition) is 1. The quantitative estimate of drug-likeness (QED) is 0.259. The van der Waals surface area contributed by atoms with Gasteiger partial charge in [0.05, 0.1) is 39.0 Å². The second-order valence-electron chi connectivity index (χ2n) is 8.64. The SMILES string of the molecule is COc1ccc(/C(O)=C2\C(=O)C(=O)N(c3ccc(OC(C)C)cc3)C2c2ccccc2OC)cc1OC. The number of carbonyl (C=O) groups is 2. The molecule has 4 rings (SSSR count). The van der Waals surface area contributed by atoms with Crippen molar-refractivity contribution in [2.24, 2.45) is 0 Å². The molecule has 0 spiro atoms. The molecule has 0 radical (unpaired) electrons. The van der Waals surface area contributed by atoms with Crippen molar-refractivity contribution in [1.82, 2.24) is 0 Å². The van der Waals surface area contributed by atoms with Crippen LogP contribution in [0, 0.1) is 0 Å². The van der Waals surface area contributed by atoms with E-state index in [1.165, 1.54) is 26.2 Å². The molecule has 1 heterocycles. The molecule has 3 aromatic rings. The third kappa shape index (κ3) is 4.82. The van der Waals surface area contributed by atoms with Crippen molar-refractivity contribution in [1.29, 1.82) is 0 Å². The fourth-order valence-electron chi connectivity index (χ4n) is 4.38. The van der Waals surface area contributed by atoms with Crippen molar-refractivity contribution < 1.29 is 33.6 Å². The van der Waals surface area contributed by atoms with Gasteiger partial charge in [-0.05, 0) is 62.4 Å². The molecular weight excluding hydrogens is 474 g/mol. The number of anilines is 1. The molecular formula is C29H29NO7. The van der Waals surface area contributed by atoms with Crippen molar-refractivity contribution >= 4 is 23.1 Å². The smallest absolute Gasteiger partial charge is 0.300 e. The summed E-state index contributed by atoms with van der Waals surface area (Å²) in [5.41, 5.74) is 1.26. The van der Waals surface area contributed by atoms with Gasteiger partial charge in [-0.25, -0.2) is 0 Å². The van der Waals surface area contributed by atoms with E-state index in [2.05, 4.69) is 0 Å². The summed E-state index contributed by atoms with van der Waals surface area (Å²) in [6, 6.07) is 17.8. The topological polar surface area (TPSA) is 94.5 Å². The van der Waals surface area contributed by atoms with E-state index >= 15 is 0 Å². The maximum absolute atomic E-state index is 13.4. The van der Waals surface area contributed by atoms with Crippen molar-refractivity contribution in [2.75, 3.05) is 26.2 Å². The van der Waals surface area contributed by atoms with E-state index in [0.717, 1.165) is 0 Å². The zero-order valence-corrected chi connectivity index (χ0v) is 21.3. The van der Waals surface area contributed by atoms with Crippen molar-refractivity contribution in [3.8, 4) is 23.0 Å². The van der Waals surface area contributed by atoms with E-state index in [9.17, 15) is 14.7 Å². The molecule has 1 amide bonds. The first-order valence-electron chi connectivity index (χ1n) is 11.7. The number of rotatable bonds is 8. The highest BCUT2D eigenvalue weighted by molar-refractivity contribution is 6.51. The van der Waals surface area contributed by atoms with Crippen LogP contribution in [0.1, 0.15) is 31.0 Å². The average Bonchev–Trinajstić information content (AvgIpc) is 3.17. The number of ketones is 1. The Hall–Kier alpha value is -4.46. The normalized spacial score (nSPS) is 16.7. The van der Waals surface area contributed by atoms with Crippen LogP contribution >= 0.6 is 0 Å². The summed E-state index contributed by atoms with van der Waals surface area (Å²) < 4.78 is 21.9. The van der Waals surface area contributed by atoms with Gasteiger partial charge < -0.3 is 24.1 Å². The first kappa shape index (κ1) is 25.6. The van der Waals surface area contributed by atoms with Crippen LogP contribution in [-0.4, -0.2) is 44.2 Å². The largest absolute Gasteiger partial charge is 0.507 e. The van der Waals surface area contributed by atoms with Gasteiger partial charge in [0.1, 0.15) is 17.3 Å². The van der Waals surface area contributed by atoms with E-state index in [0.29, 0.717) is 39.8 Å². The standard InChI is InChI=1S/C29H29NO7/c1-17(2)37-20-13-11-19(12-14-20)30-26(21-8-6-7-9-22(21)34-3)25(28(32)29(30)33)27(31)18-10-15-23(35-4)24(16-18)36-5/h6-17,26,31H,1-5H3/b27-25+. The third-order valence-electron chi connectivity index (χ3n) is 6.02. The Labute approximate surface area is 215 Å². The first-order valence-corrected chi connectivity index (χ1v) is 11.7. The Bertz CT molecular complexity index is 1340. The Balaban J connectivity index is 1.91. The van der Waals surface area contributed by atoms with Gasteiger partial charge in [0, 0.05) is 16.8 Å². The van der Waals surface area contributed by atoms with Crippen LogP contribution in [0.4, 0.5) is 5.69 Å². The summed E-state index contributed by atoms with van der Waals surface area (Å²) in [4.78, 5) is 28.2. The predicted molar refractivity (Wildman–Crippen MR) is 140 cm³/mol. The Morgan fingerprint density at radius 1 is 0.838 bits per heavy atom. The molecule has 3 aromatic carbocycles. The number of ether oxygens (including phenoxy) is 4. The molecule has 1 saturated heterocycles. The van der Waals surface area contributed by atoms with Crippen LogP contribution < -0.4 is 23.8 Å². The first-order chi connectivity index (χ1) is 17.8. The van der Waals surface area contributed by atoms with Crippen molar-refractivity contribution in [3.05, 3.63) is 83.4 Å². The zero-order valence-electron chi connectivity index (χ0n) is 21.3. The maximum Gasteiger partial charge on any atom is 0.300 e. The average molecular weight is 504 g/mol. The minimum Gasteiger partial charge on any atom is -0.507 e. The number of para-hydroxylation sites is 1. The molecule has 1 unspecified atom stereocenters. The van der Waals surface area contributed by atoms with E-state index in [1.54, 1.807) is 66.7 Å². The number of aliphatic hydroxyl groups is 1. The molecule has 1 fully saturated rings. The number of benzene rings is 3. The molecule has 0 aromatic heterocycles. The lowest BCUT2D eigenvalue weighted by Gasteiger charge is -2.27. The van der Waals surface area contributed by atoms with Gasteiger partial charge in [-0.2, -0.15) is 0 Å².